The van der Waals surface area contributed by atoms with Crippen molar-refractivity contribution in [2.75, 3.05) is 26.3 Å². The van der Waals surface area contributed by atoms with Crippen LogP contribution in [0.4, 0.5) is 0 Å². The van der Waals surface area contributed by atoms with Crippen molar-refractivity contribution in [3.8, 4) is 5.75 Å². The van der Waals surface area contributed by atoms with Gasteiger partial charge in [-0.15, -0.1) is 0 Å². The zero-order valence-corrected chi connectivity index (χ0v) is 16.8. The van der Waals surface area contributed by atoms with Gasteiger partial charge in [-0.3, -0.25) is 9.59 Å². The lowest BCUT2D eigenvalue weighted by Gasteiger charge is -2.26. The number of nitrogens with zero attached hydrogens (tertiary/aromatic N) is 1. The summed E-state index contributed by atoms with van der Waals surface area (Å²) in [5, 5.41) is 2.96. The molecule has 2 aromatic rings. The van der Waals surface area contributed by atoms with Gasteiger partial charge in [-0.05, 0) is 30.7 Å². The number of ether oxygens (including phenoxy) is 2. The number of rotatable bonds is 4. The molecule has 0 radical (unpaired) electrons. The van der Waals surface area contributed by atoms with Crippen molar-refractivity contribution in [1.82, 2.24) is 10.2 Å². The Balaban J connectivity index is 1.39. The van der Waals surface area contributed by atoms with Gasteiger partial charge >= 0.3 is 0 Å². The van der Waals surface area contributed by atoms with E-state index >= 15 is 0 Å². The molecule has 2 heterocycles. The molecule has 0 spiro atoms. The van der Waals surface area contributed by atoms with E-state index in [0.29, 0.717) is 49.7 Å². The molecule has 152 valence electrons. The van der Waals surface area contributed by atoms with Crippen LogP contribution in [0.3, 0.4) is 0 Å². The van der Waals surface area contributed by atoms with Crippen LogP contribution in [0.2, 0.25) is 0 Å². The molecule has 1 fully saturated rings. The molecule has 6 nitrogen and oxygen atoms in total. The van der Waals surface area contributed by atoms with Crippen LogP contribution in [0.1, 0.15) is 51.6 Å². The fourth-order valence-electron chi connectivity index (χ4n) is 3.76. The Kier molecular flexibility index (Phi) is 5.53. The van der Waals surface area contributed by atoms with Crippen molar-refractivity contribution in [2.24, 2.45) is 0 Å². The highest BCUT2D eigenvalue weighted by molar-refractivity contribution is 5.97. The van der Waals surface area contributed by atoms with Crippen molar-refractivity contribution >= 4 is 11.8 Å². The van der Waals surface area contributed by atoms with Gasteiger partial charge in [-0.1, -0.05) is 31.2 Å². The molecule has 1 N–H and O–H groups in total. The summed E-state index contributed by atoms with van der Waals surface area (Å²) >= 11 is 0. The van der Waals surface area contributed by atoms with Crippen molar-refractivity contribution in [1.29, 1.82) is 0 Å². The minimum Gasteiger partial charge on any atom is -0.489 e. The lowest BCUT2D eigenvalue weighted by atomic mass is 9.97. The number of amides is 2. The maximum Gasteiger partial charge on any atom is 0.255 e. The molecule has 2 aromatic carbocycles. The summed E-state index contributed by atoms with van der Waals surface area (Å²) in [7, 11) is 0. The smallest absolute Gasteiger partial charge is 0.255 e. The Labute approximate surface area is 170 Å². The average Bonchev–Trinajstić information content (AvgIpc) is 3.06. The standard InChI is InChI=1S/C23H26N2O4/c1-15-16(2)29-21-19(15)4-3-5-20(21)22(26)24-14-17-6-8-18(9-7-17)23(27)25-10-12-28-13-11-25/h3-9,15-16H,10-14H2,1-2H3,(H,24,26). The zero-order chi connectivity index (χ0) is 20.4. The first kappa shape index (κ1) is 19.5. The highest BCUT2D eigenvalue weighted by Gasteiger charge is 2.31. The number of morpholine rings is 1. The lowest BCUT2D eigenvalue weighted by molar-refractivity contribution is 0.0303. The van der Waals surface area contributed by atoms with Crippen molar-refractivity contribution in [3.63, 3.8) is 0 Å². The zero-order valence-electron chi connectivity index (χ0n) is 16.8. The quantitative estimate of drug-likeness (QED) is 0.866. The minimum absolute atomic E-state index is 0.0177. The van der Waals surface area contributed by atoms with Crippen LogP contribution >= 0.6 is 0 Å². The number of carbonyl (C=O) groups excluding carboxylic acids is 2. The number of carbonyl (C=O) groups is 2. The number of benzene rings is 2. The topological polar surface area (TPSA) is 67.9 Å². The van der Waals surface area contributed by atoms with Gasteiger partial charge in [0, 0.05) is 36.7 Å². The molecule has 2 atom stereocenters. The predicted molar refractivity (Wildman–Crippen MR) is 109 cm³/mol. The van der Waals surface area contributed by atoms with Crippen molar-refractivity contribution in [3.05, 3.63) is 64.7 Å². The van der Waals surface area contributed by atoms with Crippen LogP contribution in [0.25, 0.3) is 0 Å². The van der Waals surface area contributed by atoms with Crippen LogP contribution in [0, 0.1) is 0 Å². The largest absolute Gasteiger partial charge is 0.489 e. The highest BCUT2D eigenvalue weighted by Crippen LogP contribution is 2.40. The number of para-hydroxylation sites is 1. The van der Waals surface area contributed by atoms with E-state index in [9.17, 15) is 9.59 Å². The van der Waals surface area contributed by atoms with Crippen LogP contribution in [0.5, 0.6) is 5.75 Å². The molecule has 1 saturated heterocycles. The molecule has 6 heteroatoms. The predicted octanol–water partition coefficient (Wildman–Crippen LogP) is 2.97. The van der Waals surface area contributed by atoms with E-state index in [2.05, 4.69) is 12.2 Å². The molecule has 2 aliphatic rings. The molecule has 4 rings (SSSR count). The molecule has 0 saturated carbocycles. The van der Waals surface area contributed by atoms with Gasteiger partial charge in [0.1, 0.15) is 11.9 Å². The molecule has 2 aliphatic heterocycles. The second kappa shape index (κ2) is 8.25. The van der Waals surface area contributed by atoms with Crippen LogP contribution in [-0.2, 0) is 11.3 Å². The first-order valence-electron chi connectivity index (χ1n) is 10.1. The monoisotopic (exact) mass is 394 g/mol. The number of hydrogen-bond donors (Lipinski definition) is 1. The third-order valence-corrected chi connectivity index (χ3v) is 5.74. The van der Waals surface area contributed by atoms with E-state index in [1.165, 1.54) is 0 Å². The fourth-order valence-corrected chi connectivity index (χ4v) is 3.76. The number of hydrogen-bond acceptors (Lipinski definition) is 4. The summed E-state index contributed by atoms with van der Waals surface area (Å²) in [5.41, 5.74) is 3.24. The molecular weight excluding hydrogens is 368 g/mol. The van der Waals surface area contributed by atoms with Gasteiger partial charge in [-0.25, -0.2) is 0 Å². The summed E-state index contributed by atoms with van der Waals surface area (Å²) in [6, 6.07) is 13.1. The molecule has 0 bridgehead atoms. The summed E-state index contributed by atoms with van der Waals surface area (Å²) < 4.78 is 11.2. The average molecular weight is 394 g/mol. The summed E-state index contributed by atoms with van der Waals surface area (Å²) in [6.45, 7) is 6.93. The maximum absolute atomic E-state index is 12.7. The van der Waals surface area contributed by atoms with E-state index in [1.807, 2.05) is 43.3 Å². The highest BCUT2D eigenvalue weighted by atomic mass is 16.5. The Hall–Kier alpha value is -2.86. The summed E-state index contributed by atoms with van der Waals surface area (Å²) in [5.74, 6) is 0.825. The molecule has 0 aromatic heterocycles. The summed E-state index contributed by atoms with van der Waals surface area (Å²) in [4.78, 5) is 27.0. The lowest BCUT2D eigenvalue weighted by Crippen LogP contribution is -2.40. The molecule has 29 heavy (non-hydrogen) atoms. The Morgan fingerprint density at radius 1 is 1.07 bits per heavy atom. The van der Waals surface area contributed by atoms with Gasteiger partial charge in [0.05, 0.1) is 18.8 Å². The van der Waals surface area contributed by atoms with Crippen LogP contribution in [0.15, 0.2) is 42.5 Å². The normalized spacial score (nSPS) is 20.7. The van der Waals surface area contributed by atoms with E-state index in [-0.39, 0.29) is 23.8 Å². The third kappa shape index (κ3) is 3.98. The SMILES string of the molecule is CC1Oc2c(C(=O)NCc3ccc(C(=O)N4CCOCC4)cc3)cccc2C1C. The van der Waals surface area contributed by atoms with Crippen molar-refractivity contribution in [2.45, 2.75) is 32.4 Å². The van der Waals surface area contributed by atoms with E-state index in [0.717, 1.165) is 11.1 Å². The summed E-state index contributed by atoms with van der Waals surface area (Å²) in [6.07, 6.45) is 0.0653. The Morgan fingerprint density at radius 2 is 1.79 bits per heavy atom. The number of nitrogens with one attached hydrogen (secondary N) is 1. The first-order chi connectivity index (χ1) is 14.0. The fraction of sp³-hybridized carbons (Fsp3) is 0.391. The van der Waals surface area contributed by atoms with E-state index < -0.39 is 0 Å². The maximum atomic E-state index is 12.7. The Morgan fingerprint density at radius 3 is 2.52 bits per heavy atom. The van der Waals surface area contributed by atoms with Gasteiger partial charge in [0.25, 0.3) is 11.8 Å². The third-order valence-electron chi connectivity index (χ3n) is 5.74. The van der Waals surface area contributed by atoms with Gasteiger partial charge in [-0.2, -0.15) is 0 Å². The number of fused-ring (bicyclic) bond motifs is 1. The molecule has 2 amide bonds. The van der Waals surface area contributed by atoms with Crippen molar-refractivity contribution < 1.29 is 19.1 Å². The second-order valence-corrected chi connectivity index (χ2v) is 7.62. The van der Waals surface area contributed by atoms with Gasteiger partial charge in [0.15, 0.2) is 0 Å². The molecule has 2 unspecified atom stereocenters. The second-order valence-electron chi connectivity index (χ2n) is 7.62. The molecular formula is C23H26N2O4. The van der Waals surface area contributed by atoms with Crippen LogP contribution in [-0.4, -0.2) is 49.1 Å². The van der Waals surface area contributed by atoms with Crippen LogP contribution < -0.4 is 10.1 Å². The van der Waals surface area contributed by atoms with E-state index in [1.54, 1.807) is 11.0 Å². The Bertz CT molecular complexity index is 904. The minimum atomic E-state index is -0.156. The molecule has 0 aliphatic carbocycles. The first-order valence-corrected chi connectivity index (χ1v) is 10.1. The van der Waals surface area contributed by atoms with Gasteiger partial charge < -0.3 is 19.7 Å². The van der Waals surface area contributed by atoms with E-state index in [4.69, 9.17) is 9.47 Å². The van der Waals surface area contributed by atoms with Gasteiger partial charge in [0.2, 0.25) is 0 Å².